The average molecular weight is 639 g/mol. The van der Waals surface area contributed by atoms with E-state index in [9.17, 15) is 32.7 Å². The zero-order chi connectivity index (χ0) is 31.1. The maximum Gasteiger partial charge on any atom is 0.416 e. The molecule has 0 spiro atoms. The number of primary amides is 1. The van der Waals surface area contributed by atoms with Crippen LogP contribution < -0.4 is 11.4 Å². The molecule has 1 aliphatic rings. The Morgan fingerprint density at radius 1 is 1.12 bits per heavy atom. The van der Waals surface area contributed by atoms with Gasteiger partial charge in [0.15, 0.2) is 17.8 Å². The molecule has 0 bridgehead atoms. The summed E-state index contributed by atoms with van der Waals surface area (Å²) in [4.78, 5) is 44.0. The fraction of sp³-hybridized carbons (Fsp3) is 0.308. The highest BCUT2D eigenvalue weighted by atomic mass is 35.5. The second kappa shape index (κ2) is 11.8. The number of carbonyl (C=O) groups excluding carboxylic acids is 2. The molecule has 17 heteroatoms. The summed E-state index contributed by atoms with van der Waals surface area (Å²) in [5.74, 6) is -1.23. The van der Waals surface area contributed by atoms with Crippen LogP contribution in [-0.4, -0.2) is 75.8 Å². The van der Waals surface area contributed by atoms with Crippen LogP contribution in [0.3, 0.4) is 0 Å². The van der Waals surface area contributed by atoms with Crippen LogP contribution in [0.25, 0.3) is 17.1 Å². The van der Waals surface area contributed by atoms with Gasteiger partial charge in [0.05, 0.1) is 22.8 Å². The van der Waals surface area contributed by atoms with Crippen LogP contribution in [-0.2, 0) is 17.9 Å². The average Bonchev–Trinajstić information content (AvgIpc) is 3.69. The van der Waals surface area contributed by atoms with Gasteiger partial charge in [0.25, 0.3) is 5.91 Å². The van der Waals surface area contributed by atoms with Gasteiger partial charge in [-0.1, -0.05) is 29.3 Å². The number of rotatable bonds is 8. The number of aliphatic hydroxyl groups excluding tert-OH is 1. The minimum absolute atomic E-state index is 0.0141. The Kier molecular flexibility index (Phi) is 8.31. The third-order valence-electron chi connectivity index (χ3n) is 6.88. The van der Waals surface area contributed by atoms with E-state index in [0.29, 0.717) is 29.0 Å². The normalized spacial score (nSPS) is 16.0. The number of aromatic nitrogens is 6. The van der Waals surface area contributed by atoms with Gasteiger partial charge in [-0.25, -0.2) is 19.1 Å². The maximum absolute atomic E-state index is 13.4. The van der Waals surface area contributed by atoms with E-state index >= 15 is 0 Å². The van der Waals surface area contributed by atoms with Gasteiger partial charge in [0.2, 0.25) is 5.91 Å². The number of nitrogens with two attached hydrogens (primary N) is 1. The number of likely N-dealkylation sites (tertiary alicyclic amines) is 1. The molecule has 2 atom stereocenters. The smallest absolute Gasteiger partial charge is 0.382 e. The Morgan fingerprint density at radius 3 is 2.51 bits per heavy atom. The summed E-state index contributed by atoms with van der Waals surface area (Å²) >= 11 is 12.4. The van der Waals surface area contributed by atoms with E-state index in [1.807, 2.05) is 0 Å². The number of amides is 2. The van der Waals surface area contributed by atoms with Crippen molar-refractivity contribution in [2.45, 2.75) is 44.3 Å². The molecule has 0 aliphatic carbocycles. The van der Waals surface area contributed by atoms with Crippen molar-refractivity contribution < 1.29 is 27.9 Å². The summed E-state index contributed by atoms with van der Waals surface area (Å²) in [6.07, 6.45) is -5.52. The summed E-state index contributed by atoms with van der Waals surface area (Å²) in [7, 11) is 0. The SMILES string of the molecule is NC(=O)[C@@H]1CCCN1C(=O)c1cccc(Cl)c1-n1cnc(Cn2nc(-c3ccc(Cl)cc3)n(CC(O)C(F)(F)F)c2=O)n1. The standard InChI is InChI=1S/C26H23Cl2F3N8O4/c27-15-8-6-14(7-9-15)23-35-38(25(43)37(23)11-19(40)26(29,30)31)12-20-33-13-39(34-20)21-16(3-1-4-17(21)28)24(42)36-10-2-5-18(36)22(32)41/h1,3-4,6-9,13,18-19,40H,2,5,10-12H2,(H2,32,41)/t18-,19?/m0/s1. The topological polar surface area (TPSA) is 154 Å². The number of halogens is 5. The van der Waals surface area contributed by atoms with E-state index in [1.165, 1.54) is 52.3 Å². The Balaban J connectivity index is 1.49. The number of benzene rings is 2. The molecular formula is C26H23Cl2F3N8O4. The lowest BCUT2D eigenvalue weighted by Crippen LogP contribution is -2.44. The molecule has 2 amide bonds. The third kappa shape index (κ3) is 6.14. The van der Waals surface area contributed by atoms with Crippen molar-refractivity contribution >= 4 is 35.0 Å². The molecule has 3 heterocycles. The Bertz CT molecular complexity index is 1740. The third-order valence-corrected chi connectivity index (χ3v) is 7.43. The molecule has 0 radical (unpaired) electrons. The van der Waals surface area contributed by atoms with Crippen molar-refractivity contribution in [1.29, 1.82) is 0 Å². The zero-order valence-electron chi connectivity index (χ0n) is 22.1. The lowest BCUT2D eigenvalue weighted by Gasteiger charge is -2.23. The van der Waals surface area contributed by atoms with Gasteiger partial charge in [-0.2, -0.15) is 13.2 Å². The quantitative estimate of drug-likeness (QED) is 0.301. The summed E-state index contributed by atoms with van der Waals surface area (Å²) in [6, 6.07) is 9.73. The fourth-order valence-corrected chi connectivity index (χ4v) is 5.18. The van der Waals surface area contributed by atoms with Gasteiger partial charge in [-0.05, 0) is 49.2 Å². The molecule has 1 saturated heterocycles. The maximum atomic E-state index is 13.4. The molecular weight excluding hydrogens is 616 g/mol. The number of alkyl halides is 3. The molecule has 5 rings (SSSR count). The van der Waals surface area contributed by atoms with Gasteiger partial charge in [-0.3, -0.25) is 14.2 Å². The van der Waals surface area contributed by atoms with Gasteiger partial charge in [-0.15, -0.1) is 10.2 Å². The van der Waals surface area contributed by atoms with E-state index in [2.05, 4.69) is 15.2 Å². The number of aliphatic hydroxyl groups is 1. The number of hydrogen-bond acceptors (Lipinski definition) is 7. The van der Waals surface area contributed by atoms with Gasteiger partial charge < -0.3 is 15.7 Å². The largest absolute Gasteiger partial charge is 0.416 e. The predicted molar refractivity (Wildman–Crippen MR) is 148 cm³/mol. The minimum Gasteiger partial charge on any atom is -0.382 e. The van der Waals surface area contributed by atoms with E-state index in [0.717, 1.165) is 4.68 Å². The molecule has 0 saturated carbocycles. The molecule has 3 N–H and O–H groups in total. The van der Waals surface area contributed by atoms with Crippen LogP contribution in [0.1, 0.15) is 29.0 Å². The highest BCUT2D eigenvalue weighted by molar-refractivity contribution is 6.33. The predicted octanol–water partition coefficient (Wildman–Crippen LogP) is 2.66. The molecule has 2 aromatic carbocycles. The minimum atomic E-state index is -4.98. The van der Waals surface area contributed by atoms with E-state index < -0.39 is 42.4 Å². The molecule has 1 fully saturated rings. The van der Waals surface area contributed by atoms with Gasteiger partial charge >= 0.3 is 11.9 Å². The second-order valence-electron chi connectivity index (χ2n) is 9.74. The van der Waals surface area contributed by atoms with Crippen molar-refractivity contribution in [3.05, 3.63) is 80.7 Å². The molecule has 43 heavy (non-hydrogen) atoms. The van der Waals surface area contributed by atoms with Gasteiger partial charge in [0.1, 0.15) is 18.9 Å². The van der Waals surface area contributed by atoms with Crippen molar-refractivity contribution in [2.24, 2.45) is 5.73 Å². The van der Waals surface area contributed by atoms with Crippen molar-refractivity contribution in [2.75, 3.05) is 6.54 Å². The highest BCUT2D eigenvalue weighted by Gasteiger charge is 2.39. The zero-order valence-corrected chi connectivity index (χ0v) is 23.6. The summed E-state index contributed by atoms with van der Waals surface area (Å²) in [5, 5.41) is 18.7. The monoisotopic (exact) mass is 638 g/mol. The Hall–Kier alpha value is -4.21. The lowest BCUT2D eigenvalue weighted by molar-refractivity contribution is -0.207. The number of para-hydroxylation sites is 1. The molecule has 226 valence electrons. The lowest BCUT2D eigenvalue weighted by atomic mass is 10.1. The summed E-state index contributed by atoms with van der Waals surface area (Å²) < 4.78 is 42.3. The van der Waals surface area contributed by atoms with Crippen molar-refractivity contribution in [1.82, 2.24) is 34.0 Å². The van der Waals surface area contributed by atoms with Gasteiger partial charge in [0, 0.05) is 17.1 Å². The molecule has 1 aliphatic heterocycles. The van der Waals surface area contributed by atoms with Crippen LogP contribution >= 0.6 is 23.2 Å². The van der Waals surface area contributed by atoms with E-state index in [4.69, 9.17) is 28.9 Å². The van der Waals surface area contributed by atoms with Crippen LogP contribution in [0.2, 0.25) is 10.0 Å². The molecule has 4 aromatic rings. The first-order chi connectivity index (χ1) is 20.3. The number of hydrogen-bond donors (Lipinski definition) is 2. The van der Waals surface area contributed by atoms with Crippen molar-refractivity contribution in [3.8, 4) is 17.1 Å². The Labute approximate surface area is 251 Å². The van der Waals surface area contributed by atoms with Crippen molar-refractivity contribution in [3.63, 3.8) is 0 Å². The van der Waals surface area contributed by atoms with Crippen LogP contribution in [0, 0.1) is 0 Å². The van der Waals surface area contributed by atoms with E-state index in [-0.39, 0.29) is 40.0 Å². The molecule has 12 nitrogen and oxygen atoms in total. The number of carbonyl (C=O) groups is 2. The molecule has 1 unspecified atom stereocenters. The second-order valence-corrected chi connectivity index (χ2v) is 10.6. The van der Waals surface area contributed by atoms with Crippen LogP contribution in [0.15, 0.2) is 53.6 Å². The van der Waals surface area contributed by atoms with E-state index in [1.54, 1.807) is 6.07 Å². The Morgan fingerprint density at radius 2 is 1.84 bits per heavy atom. The fourth-order valence-electron chi connectivity index (χ4n) is 4.79. The van der Waals surface area contributed by atoms with Crippen LogP contribution in [0.4, 0.5) is 13.2 Å². The highest BCUT2D eigenvalue weighted by Crippen LogP contribution is 2.28. The molecule has 2 aromatic heterocycles. The summed E-state index contributed by atoms with van der Waals surface area (Å²) in [5.41, 5.74) is 5.10. The first-order valence-corrected chi connectivity index (χ1v) is 13.6. The number of nitrogens with zero attached hydrogens (tertiary/aromatic N) is 7. The first-order valence-electron chi connectivity index (χ1n) is 12.8. The van der Waals surface area contributed by atoms with Crippen LogP contribution in [0.5, 0.6) is 0 Å². The first kappa shape index (κ1) is 30.3. The summed E-state index contributed by atoms with van der Waals surface area (Å²) in [6.45, 7) is -1.15.